The summed E-state index contributed by atoms with van der Waals surface area (Å²) in [5, 5.41) is 2.92. The van der Waals surface area contributed by atoms with Crippen LogP contribution in [0.2, 0.25) is 0 Å². The maximum Gasteiger partial charge on any atom is 0.407 e. The van der Waals surface area contributed by atoms with E-state index < -0.39 is 11.5 Å². The summed E-state index contributed by atoms with van der Waals surface area (Å²) < 4.78 is 10.0. The first-order valence-electron chi connectivity index (χ1n) is 5.15. The van der Waals surface area contributed by atoms with E-state index in [2.05, 4.69) is 21.2 Å². The molecule has 2 atom stereocenters. The minimum Gasteiger partial charge on any atom is -0.450 e. The number of Topliss-reactive ketones (excluding diaryl/α,β-unsaturated/α-hetero) is 1. The van der Waals surface area contributed by atoms with Gasteiger partial charge in [0.15, 0.2) is 5.78 Å². The van der Waals surface area contributed by atoms with E-state index in [1.54, 1.807) is 13.8 Å². The second kappa shape index (κ2) is 5.63. The molecule has 1 fully saturated rings. The highest BCUT2D eigenvalue weighted by Gasteiger charge is 2.46. The van der Waals surface area contributed by atoms with Gasteiger partial charge in [-0.15, -0.1) is 0 Å². The van der Waals surface area contributed by atoms with E-state index >= 15 is 0 Å². The maximum atomic E-state index is 11.8. The molecular weight excluding hydrogens is 278 g/mol. The van der Waals surface area contributed by atoms with E-state index in [9.17, 15) is 9.59 Å². The van der Waals surface area contributed by atoms with Crippen molar-refractivity contribution >= 4 is 27.8 Å². The van der Waals surface area contributed by atoms with Crippen molar-refractivity contribution in [1.29, 1.82) is 0 Å². The number of amides is 1. The fraction of sp³-hybridized carbons (Fsp3) is 0.800. The first-order valence-corrected chi connectivity index (χ1v) is 6.27. The lowest BCUT2D eigenvalue weighted by atomic mass is 9.81. The van der Waals surface area contributed by atoms with Crippen LogP contribution in [0.4, 0.5) is 4.79 Å². The van der Waals surface area contributed by atoms with Crippen molar-refractivity contribution in [2.24, 2.45) is 5.41 Å². The average molecular weight is 294 g/mol. The lowest BCUT2D eigenvalue weighted by Crippen LogP contribution is -2.50. The minimum absolute atomic E-state index is 0.0202. The third kappa shape index (κ3) is 2.74. The van der Waals surface area contributed by atoms with Gasteiger partial charge in [0.1, 0.15) is 0 Å². The Morgan fingerprint density at radius 3 is 2.88 bits per heavy atom. The van der Waals surface area contributed by atoms with E-state index in [4.69, 9.17) is 9.47 Å². The molecule has 1 saturated heterocycles. The molecule has 1 rings (SSSR count). The third-order valence-electron chi connectivity index (χ3n) is 2.78. The number of ether oxygens (including phenoxy) is 2. The predicted octanol–water partition coefficient (Wildman–Crippen LogP) is 1.10. The van der Waals surface area contributed by atoms with E-state index in [0.717, 1.165) is 0 Å². The first kappa shape index (κ1) is 13.4. The molecule has 0 aromatic rings. The Morgan fingerprint density at radius 1 is 1.62 bits per heavy atom. The van der Waals surface area contributed by atoms with Crippen LogP contribution in [0.3, 0.4) is 0 Å². The van der Waals surface area contributed by atoms with Crippen molar-refractivity contribution in [2.45, 2.75) is 19.9 Å². The number of carbonyl (C=O) groups is 2. The summed E-state index contributed by atoms with van der Waals surface area (Å²) in [4.78, 5) is 23.1. The first-order chi connectivity index (χ1) is 7.54. The zero-order valence-corrected chi connectivity index (χ0v) is 11.0. The smallest absolute Gasteiger partial charge is 0.407 e. The zero-order chi connectivity index (χ0) is 12.2. The number of rotatable bonds is 4. The summed E-state index contributed by atoms with van der Waals surface area (Å²) in [7, 11) is 0. The zero-order valence-electron chi connectivity index (χ0n) is 9.42. The second-order valence-electron chi connectivity index (χ2n) is 3.91. The van der Waals surface area contributed by atoms with E-state index in [1.807, 2.05) is 0 Å². The van der Waals surface area contributed by atoms with Gasteiger partial charge in [-0.1, -0.05) is 15.9 Å². The van der Waals surface area contributed by atoms with Gasteiger partial charge in [-0.05, 0) is 13.8 Å². The Bertz CT molecular complexity index is 284. The van der Waals surface area contributed by atoms with Crippen LogP contribution in [0.5, 0.6) is 0 Å². The molecule has 0 saturated carbocycles. The highest BCUT2D eigenvalue weighted by Crippen LogP contribution is 2.30. The number of halogens is 1. The van der Waals surface area contributed by atoms with Crippen molar-refractivity contribution in [3.05, 3.63) is 0 Å². The molecule has 0 bridgehead atoms. The number of alkyl carbamates (subject to hydrolysis) is 1. The number of hydrogen-bond donors (Lipinski definition) is 1. The summed E-state index contributed by atoms with van der Waals surface area (Å²) >= 11 is 3.14. The molecule has 92 valence electrons. The van der Waals surface area contributed by atoms with Gasteiger partial charge in [-0.3, -0.25) is 4.79 Å². The molecule has 2 unspecified atom stereocenters. The fourth-order valence-electron chi connectivity index (χ4n) is 1.62. The lowest BCUT2D eigenvalue weighted by Gasteiger charge is -2.27. The van der Waals surface area contributed by atoms with Gasteiger partial charge in [-0.25, -0.2) is 4.79 Å². The molecule has 0 aromatic carbocycles. The highest BCUT2D eigenvalue weighted by molar-refractivity contribution is 9.09. The minimum atomic E-state index is -0.670. The molecule has 0 radical (unpaired) electrons. The van der Waals surface area contributed by atoms with Crippen LogP contribution in [0, 0.1) is 5.41 Å². The second-order valence-corrected chi connectivity index (χ2v) is 4.47. The Kier molecular flexibility index (Phi) is 4.73. The van der Waals surface area contributed by atoms with Crippen LogP contribution in [-0.4, -0.2) is 43.1 Å². The van der Waals surface area contributed by atoms with E-state index in [-0.39, 0.29) is 17.2 Å². The Morgan fingerprint density at radius 2 is 2.31 bits per heavy atom. The van der Waals surface area contributed by atoms with Gasteiger partial charge in [0.25, 0.3) is 0 Å². The van der Waals surface area contributed by atoms with Gasteiger partial charge in [0.05, 0.1) is 36.6 Å². The van der Waals surface area contributed by atoms with Gasteiger partial charge < -0.3 is 14.8 Å². The predicted molar refractivity (Wildman–Crippen MR) is 61.7 cm³/mol. The molecule has 1 aliphatic rings. The lowest BCUT2D eigenvalue weighted by molar-refractivity contribution is -0.125. The van der Waals surface area contributed by atoms with Crippen molar-refractivity contribution in [1.82, 2.24) is 5.32 Å². The standard InChI is InChI=1S/C10H16BrNO4/c1-3-16-9(14)12-7-5-15-6-10(7,2)8(13)4-11/h7H,3-6H2,1-2H3,(H,12,14). The quantitative estimate of drug-likeness (QED) is 0.789. The normalized spacial score (nSPS) is 28.8. The largest absolute Gasteiger partial charge is 0.450 e. The molecule has 6 heteroatoms. The van der Waals surface area contributed by atoms with Crippen molar-refractivity contribution in [3.8, 4) is 0 Å². The Labute approximate surface area is 103 Å². The van der Waals surface area contributed by atoms with Crippen LogP contribution < -0.4 is 5.32 Å². The number of ketones is 1. The molecule has 1 N–H and O–H groups in total. The van der Waals surface area contributed by atoms with Gasteiger partial charge in [-0.2, -0.15) is 0 Å². The van der Waals surface area contributed by atoms with Crippen LogP contribution in [0.25, 0.3) is 0 Å². The molecule has 1 amide bonds. The molecule has 1 heterocycles. The van der Waals surface area contributed by atoms with Gasteiger partial charge in [0, 0.05) is 0 Å². The van der Waals surface area contributed by atoms with Crippen LogP contribution >= 0.6 is 15.9 Å². The van der Waals surface area contributed by atoms with Crippen molar-refractivity contribution < 1.29 is 19.1 Å². The molecular formula is C10H16BrNO4. The van der Waals surface area contributed by atoms with Gasteiger partial charge in [0.2, 0.25) is 0 Å². The third-order valence-corrected chi connectivity index (χ3v) is 3.29. The molecule has 16 heavy (non-hydrogen) atoms. The summed E-state index contributed by atoms with van der Waals surface area (Å²) in [6.45, 7) is 4.50. The number of nitrogens with one attached hydrogen (secondary N) is 1. The average Bonchev–Trinajstić information content (AvgIpc) is 2.61. The Hall–Kier alpha value is -0.620. The molecule has 1 aliphatic heterocycles. The summed E-state index contributed by atoms with van der Waals surface area (Å²) in [6.07, 6.45) is -0.508. The van der Waals surface area contributed by atoms with E-state index in [1.165, 1.54) is 0 Å². The number of alkyl halides is 1. The summed E-state index contributed by atoms with van der Waals surface area (Å²) in [6, 6.07) is -0.323. The number of carbonyl (C=O) groups excluding carboxylic acids is 2. The number of hydrogen-bond acceptors (Lipinski definition) is 4. The molecule has 0 aromatic heterocycles. The SMILES string of the molecule is CCOC(=O)NC1COCC1(C)C(=O)CBr. The monoisotopic (exact) mass is 293 g/mol. The maximum absolute atomic E-state index is 11.8. The fourth-order valence-corrected chi connectivity index (χ4v) is 2.26. The Balaban J connectivity index is 2.65. The summed E-state index contributed by atoms with van der Waals surface area (Å²) in [5.41, 5.74) is -0.670. The van der Waals surface area contributed by atoms with Crippen molar-refractivity contribution in [3.63, 3.8) is 0 Å². The topological polar surface area (TPSA) is 64.6 Å². The molecule has 5 nitrogen and oxygen atoms in total. The summed E-state index contributed by atoms with van der Waals surface area (Å²) in [5.74, 6) is 0.0202. The van der Waals surface area contributed by atoms with E-state index in [0.29, 0.717) is 19.8 Å². The van der Waals surface area contributed by atoms with Crippen molar-refractivity contribution in [2.75, 3.05) is 25.2 Å². The van der Waals surface area contributed by atoms with Crippen LogP contribution in [0.1, 0.15) is 13.8 Å². The molecule has 0 spiro atoms. The molecule has 0 aliphatic carbocycles. The highest BCUT2D eigenvalue weighted by atomic mass is 79.9. The van der Waals surface area contributed by atoms with Crippen LogP contribution in [-0.2, 0) is 14.3 Å². The van der Waals surface area contributed by atoms with Crippen LogP contribution in [0.15, 0.2) is 0 Å². The van der Waals surface area contributed by atoms with Gasteiger partial charge >= 0.3 is 6.09 Å².